The maximum atomic E-state index is 14.8. The van der Waals surface area contributed by atoms with Crippen LogP contribution in [0, 0.1) is 12.7 Å². The van der Waals surface area contributed by atoms with Gasteiger partial charge in [0.15, 0.2) is 5.82 Å². The van der Waals surface area contributed by atoms with Crippen molar-refractivity contribution in [2.45, 2.75) is 38.6 Å². The minimum Gasteiger partial charge on any atom is -0.380 e. The van der Waals surface area contributed by atoms with Crippen LogP contribution in [0.4, 0.5) is 10.2 Å². The number of rotatable bonds is 5. The van der Waals surface area contributed by atoms with Crippen molar-refractivity contribution in [3.05, 3.63) is 71.3 Å². The molecule has 1 atom stereocenters. The maximum Gasteiger partial charge on any atom is 0.259 e. The van der Waals surface area contributed by atoms with Gasteiger partial charge in [-0.15, -0.1) is 10.2 Å². The van der Waals surface area contributed by atoms with Gasteiger partial charge in [0.2, 0.25) is 0 Å². The van der Waals surface area contributed by atoms with Crippen molar-refractivity contribution in [1.82, 2.24) is 29.3 Å². The van der Waals surface area contributed by atoms with Crippen LogP contribution in [0.15, 0.2) is 42.9 Å². The van der Waals surface area contributed by atoms with Crippen LogP contribution in [-0.4, -0.2) is 48.4 Å². The molecule has 1 amide bonds. The van der Waals surface area contributed by atoms with E-state index in [1.54, 1.807) is 31.5 Å². The van der Waals surface area contributed by atoms with Crippen molar-refractivity contribution in [2.75, 3.05) is 18.5 Å². The molecule has 1 fully saturated rings. The summed E-state index contributed by atoms with van der Waals surface area (Å²) < 4.78 is 24.0. The highest BCUT2D eigenvalue weighted by atomic mass is 19.1. The van der Waals surface area contributed by atoms with E-state index in [0.717, 1.165) is 24.4 Å². The van der Waals surface area contributed by atoms with Gasteiger partial charge in [-0.2, -0.15) is 0 Å². The molecule has 1 aromatic carbocycles. The molecule has 0 bridgehead atoms. The molecule has 1 saturated heterocycles. The maximum absolute atomic E-state index is 14.8. The number of hydrogen-bond donors (Lipinski definition) is 1. The molecule has 0 radical (unpaired) electrons. The average molecular weight is 474 g/mol. The van der Waals surface area contributed by atoms with Gasteiger partial charge in [-0.05, 0) is 50.1 Å². The quantitative estimate of drug-likeness (QED) is 0.473. The fourth-order valence-electron chi connectivity index (χ4n) is 4.61. The molecule has 6 rings (SSSR count). The molecule has 5 heterocycles. The van der Waals surface area contributed by atoms with E-state index in [1.165, 1.54) is 6.07 Å². The second kappa shape index (κ2) is 8.38. The van der Waals surface area contributed by atoms with Crippen LogP contribution in [-0.2, 0) is 11.2 Å². The second-order valence-electron chi connectivity index (χ2n) is 9.12. The van der Waals surface area contributed by atoms with Crippen LogP contribution >= 0.6 is 0 Å². The zero-order chi connectivity index (χ0) is 24.1. The van der Waals surface area contributed by atoms with Gasteiger partial charge in [-0.1, -0.05) is 6.07 Å². The standard InChI is InChI=1S/C25H24FN7O2/c1-14-8-18(26)17(9-21(14)32-10-20(27-13-32)16-11-35-12-16)25(34)29-22-5-3-4-19(28-22)24-31-30-23-7-6-15(2)33(23)24/h3-5,8-10,13,15-16H,6-7,11-12H2,1-2H3,(H,28,29,34)/t15-/m1/s1. The molecule has 0 saturated carbocycles. The number of halogens is 1. The molecule has 4 aromatic rings. The topological polar surface area (TPSA) is 99.8 Å². The van der Waals surface area contributed by atoms with Gasteiger partial charge >= 0.3 is 0 Å². The molecule has 178 valence electrons. The van der Waals surface area contributed by atoms with Crippen molar-refractivity contribution in [3.8, 4) is 17.2 Å². The molecular weight excluding hydrogens is 449 g/mol. The van der Waals surface area contributed by atoms with Gasteiger partial charge < -0.3 is 19.2 Å². The Bertz CT molecular complexity index is 1440. The van der Waals surface area contributed by atoms with Crippen molar-refractivity contribution in [1.29, 1.82) is 0 Å². The summed E-state index contributed by atoms with van der Waals surface area (Å²) in [5.74, 6) is 1.00. The first-order valence-corrected chi connectivity index (χ1v) is 11.6. The third-order valence-electron chi connectivity index (χ3n) is 6.68. The number of benzene rings is 1. The van der Waals surface area contributed by atoms with Gasteiger partial charge in [-0.3, -0.25) is 4.79 Å². The van der Waals surface area contributed by atoms with E-state index in [1.807, 2.05) is 16.8 Å². The molecule has 2 aliphatic heterocycles. The van der Waals surface area contributed by atoms with E-state index < -0.39 is 11.7 Å². The largest absolute Gasteiger partial charge is 0.380 e. The fraction of sp³-hybridized carbons (Fsp3) is 0.320. The van der Waals surface area contributed by atoms with Crippen LogP contribution in [0.25, 0.3) is 17.2 Å². The molecule has 0 unspecified atom stereocenters. The smallest absolute Gasteiger partial charge is 0.259 e. The minimum atomic E-state index is -0.600. The molecule has 0 spiro atoms. The average Bonchev–Trinajstić information content (AvgIpc) is 3.51. The Hall–Kier alpha value is -3.92. The molecule has 0 aliphatic carbocycles. The number of nitrogens with zero attached hydrogens (tertiary/aromatic N) is 6. The lowest BCUT2D eigenvalue weighted by Crippen LogP contribution is -2.25. The lowest BCUT2D eigenvalue weighted by Gasteiger charge is -2.23. The van der Waals surface area contributed by atoms with Crippen LogP contribution < -0.4 is 5.32 Å². The molecule has 1 N–H and O–H groups in total. The molecule has 2 aliphatic rings. The summed E-state index contributed by atoms with van der Waals surface area (Å²) in [5, 5.41) is 11.3. The molecule has 35 heavy (non-hydrogen) atoms. The first kappa shape index (κ1) is 21.6. The van der Waals surface area contributed by atoms with Crippen molar-refractivity contribution < 1.29 is 13.9 Å². The van der Waals surface area contributed by atoms with Crippen LogP contribution in [0.1, 0.15) is 52.7 Å². The monoisotopic (exact) mass is 473 g/mol. The Kier molecular flexibility index (Phi) is 5.18. The number of carbonyl (C=O) groups is 1. The Morgan fingerprint density at radius 3 is 2.89 bits per heavy atom. The first-order chi connectivity index (χ1) is 17.0. The predicted molar refractivity (Wildman–Crippen MR) is 126 cm³/mol. The van der Waals surface area contributed by atoms with E-state index >= 15 is 0 Å². The summed E-state index contributed by atoms with van der Waals surface area (Å²) in [6, 6.07) is 8.47. The minimum absolute atomic E-state index is 0.0722. The Morgan fingerprint density at radius 1 is 1.23 bits per heavy atom. The number of nitrogens with one attached hydrogen (secondary N) is 1. The Labute approximate surface area is 201 Å². The summed E-state index contributed by atoms with van der Waals surface area (Å²) in [6.07, 6.45) is 5.47. The molecule has 10 heteroatoms. The summed E-state index contributed by atoms with van der Waals surface area (Å²) in [4.78, 5) is 22.1. The lowest BCUT2D eigenvalue weighted by atomic mass is 10.1. The summed E-state index contributed by atoms with van der Waals surface area (Å²) >= 11 is 0. The third kappa shape index (κ3) is 3.79. The van der Waals surface area contributed by atoms with Gasteiger partial charge in [0.05, 0.1) is 36.5 Å². The van der Waals surface area contributed by atoms with Crippen LogP contribution in [0.2, 0.25) is 0 Å². The number of imidazole rings is 1. The van der Waals surface area contributed by atoms with E-state index in [4.69, 9.17) is 4.74 Å². The normalized spacial score (nSPS) is 17.3. The Balaban J connectivity index is 1.27. The van der Waals surface area contributed by atoms with Gasteiger partial charge in [0.25, 0.3) is 5.91 Å². The summed E-state index contributed by atoms with van der Waals surface area (Å²) in [7, 11) is 0. The SMILES string of the molecule is Cc1cc(F)c(C(=O)Nc2cccc(-c3nnc4n3[C@H](C)CC4)n2)cc1-n1cnc(C2COC2)c1. The number of aromatic nitrogens is 6. The predicted octanol–water partition coefficient (Wildman–Crippen LogP) is 3.85. The number of pyridine rings is 1. The zero-order valence-electron chi connectivity index (χ0n) is 19.4. The van der Waals surface area contributed by atoms with E-state index in [-0.39, 0.29) is 17.5 Å². The molecule has 3 aromatic heterocycles. The second-order valence-corrected chi connectivity index (χ2v) is 9.12. The highest BCUT2D eigenvalue weighted by Crippen LogP contribution is 2.30. The van der Waals surface area contributed by atoms with Crippen LogP contribution in [0.3, 0.4) is 0 Å². The van der Waals surface area contributed by atoms with E-state index in [0.29, 0.717) is 41.8 Å². The molecular formula is C25H24FN7O2. The van der Waals surface area contributed by atoms with E-state index in [2.05, 4.69) is 37.0 Å². The highest BCUT2D eigenvalue weighted by Gasteiger charge is 2.26. The Morgan fingerprint density at radius 2 is 2.09 bits per heavy atom. The number of carbonyl (C=O) groups excluding carboxylic acids is 1. The lowest BCUT2D eigenvalue weighted by molar-refractivity contribution is 0.00685. The highest BCUT2D eigenvalue weighted by molar-refractivity contribution is 6.04. The van der Waals surface area contributed by atoms with Crippen molar-refractivity contribution >= 4 is 11.7 Å². The zero-order valence-corrected chi connectivity index (χ0v) is 19.4. The summed E-state index contributed by atoms with van der Waals surface area (Å²) in [5.41, 5.74) is 2.83. The van der Waals surface area contributed by atoms with Gasteiger partial charge in [0.1, 0.15) is 23.2 Å². The number of fused-ring (bicyclic) bond motifs is 1. The van der Waals surface area contributed by atoms with Crippen LogP contribution in [0.5, 0.6) is 0 Å². The van der Waals surface area contributed by atoms with Gasteiger partial charge in [-0.25, -0.2) is 14.4 Å². The number of anilines is 1. The van der Waals surface area contributed by atoms with Gasteiger partial charge in [0, 0.05) is 24.6 Å². The van der Waals surface area contributed by atoms with Crippen molar-refractivity contribution in [2.24, 2.45) is 0 Å². The number of ether oxygens (including phenoxy) is 1. The van der Waals surface area contributed by atoms with E-state index in [9.17, 15) is 9.18 Å². The fourth-order valence-corrected chi connectivity index (χ4v) is 4.61. The number of hydrogen-bond acceptors (Lipinski definition) is 6. The first-order valence-electron chi connectivity index (χ1n) is 11.6. The third-order valence-corrected chi connectivity index (χ3v) is 6.68. The molecule has 9 nitrogen and oxygen atoms in total. The summed E-state index contributed by atoms with van der Waals surface area (Å²) in [6.45, 7) is 5.22. The number of amides is 1. The van der Waals surface area contributed by atoms with Crippen molar-refractivity contribution in [3.63, 3.8) is 0 Å². The number of aryl methyl sites for hydroxylation is 2.